The van der Waals surface area contributed by atoms with Crippen LogP contribution in [-0.4, -0.2) is 30.8 Å². The summed E-state index contributed by atoms with van der Waals surface area (Å²) in [4.78, 5) is 14.3. The third-order valence-corrected chi connectivity index (χ3v) is 3.37. The number of hydrogen-bond acceptors (Lipinski definition) is 2. The SMILES string of the molecule is Cc1ccc(C)c(C(=O)CN(C)CC2CC2)c1. The van der Waals surface area contributed by atoms with E-state index in [9.17, 15) is 4.79 Å². The van der Waals surface area contributed by atoms with Crippen LogP contribution in [0.4, 0.5) is 0 Å². The molecule has 1 aromatic rings. The van der Waals surface area contributed by atoms with Crippen molar-refractivity contribution in [3.05, 3.63) is 34.9 Å². The zero-order chi connectivity index (χ0) is 12.4. The van der Waals surface area contributed by atoms with Crippen LogP contribution < -0.4 is 0 Å². The van der Waals surface area contributed by atoms with Crippen LogP contribution in [0, 0.1) is 19.8 Å². The molecule has 0 amide bonds. The normalized spacial score (nSPS) is 15.3. The summed E-state index contributed by atoms with van der Waals surface area (Å²) >= 11 is 0. The molecule has 0 unspecified atom stereocenters. The van der Waals surface area contributed by atoms with Gasteiger partial charge in [-0.2, -0.15) is 0 Å². The number of Topliss-reactive ketones (excluding diaryl/α,β-unsaturated/α-hetero) is 1. The van der Waals surface area contributed by atoms with Crippen molar-refractivity contribution in [2.24, 2.45) is 5.92 Å². The number of aryl methyl sites for hydroxylation is 2. The summed E-state index contributed by atoms with van der Waals surface area (Å²) in [6.07, 6.45) is 2.67. The highest BCUT2D eigenvalue weighted by atomic mass is 16.1. The molecule has 0 saturated heterocycles. The zero-order valence-corrected chi connectivity index (χ0v) is 11.0. The maximum Gasteiger partial charge on any atom is 0.177 e. The Bertz CT molecular complexity index is 421. The Labute approximate surface area is 104 Å². The largest absolute Gasteiger partial charge is 0.299 e. The first-order valence-corrected chi connectivity index (χ1v) is 6.35. The molecule has 1 aliphatic rings. The van der Waals surface area contributed by atoms with Gasteiger partial charge in [0.2, 0.25) is 0 Å². The van der Waals surface area contributed by atoms with Crippen molar-refractivity contribution in [1.29, 1.82) is 0 Å². The van der Waals surface area contributed by atoms with Crippen molar-refractivity contribution >= 4 is 5.78 Å². The second-order valence-electron chi connectivity index (χ2n) is 5.38. The topological polar surface area (TPSA) is 20.3 Å². The number of rotatable bonds is 5. The Morgan fingerprint density at radius 2 is 2.06 bits per heavy atom. The number of likely N-dealkylation sites (N-methyl/N-ethyl adjacent to an activating group) is 1. The summed E-state index contributed by atoms with van der Waals surface area (Å²) in [5, 5.41) is 0. The molecule has 0 N–H and O–H groups in total. The number of carbonyl (C=O) groups excluding carboxylic acids is 1. The molecular weight excluding hydrogens is 210 g/mol. The van der Waals surface area contributed by atoms with Gasteiger partial charge in [-0.05, 0) is 51.3 Å². The monoisotopic (exact) mass is 231 g/mol. The van der Waals surface area contributed by atoms with Crippen LogP contribution in [0.2, 0.25) is 0 Å². The fraction of sp³-hybridized carbons (Fsp3) is 0.533. The van der Waals surface area contributed by atoms with Crippen LogP contribution in [0.25, 0.3) is 0 Å². The predicted octanol–water partition coefficient (Wildman–Crippen LogP) is 2.83. The second-order valence-corrected chi connectivity index (χ2v) is 5.38. The molecule has 0 aliphatic heterocycles. The van der Waals surface area contributed by atoms with E-state index in [0.717, 1.165) is 29.2 Å². The van der Waals surface area contributed by atoms with E-state index in [1.54, 1.807) is 0 Å². The molecule has 92 valence electrons. The van der Waals surface area contributed by atoms with Crippen LogP contribution in [0.1, 0.15) is 34.3 Å². The first-order chi connectivity index (χ1) is 8.06. The fourth-order valence-electron chi connectivity index (χ4n) is 2.17. The van der Waals surface area contributed by atoms with Crippen LogP contribution >= 0.6 is 0 Å². The molecule has 1 saturated carbocycles. The minimum Gasteiger partial charge on any atom is -0.299 e. The Hall–Kier alpha value is -1.15. The van der Waals surface area contributed by atoms with Gasteiger partial charge in [-0.15, -0.1) is 0 Å². The summed E-state index contributed by atoms with van der Waals surface area (Å²) in [6, 6.07) is 6.09. The van der Waals surface area contributed by atoms with Gasteiger partial charge in [0.05, 0.1) is 6.54 Å². The average molecular weight is 231 g/mol. The third kappa shape index (κ3) is 3.40. The lowest BCUT2D eigenvalue weighted by Gasteiger charge is -2.16. The summed E-state index contributed by atoms with van der Waals surface area (Å²) < 4.78 is 0. The van der Waals surface area contributed by atoms with E-state index < -0.39 is 0 Å². The molecule has 0 atom stereocenters. The number of benzene rings is 1. The minimum atomic E-state index is 0.245. The van der Waals surface area contributed by atoms with Crippen molar-refractivity contribution in [1.82, 2.24) is 4.90 Å². The molecule has 0 radical (unpaired) electrons. The van der Waals surface area contributed by atoms with E-state index in [-0.39, 0.29) is 5.78 Å². The van der Waals surface area contributed by atoms with E-state index >= 15 is 0 Å². The number of ketones is 1. The Balaban J connectivity index is 2.00. The molecule has 0 aromatic heterocycles. The van der Waals surface area contributed by atoms with Gasteiger partial charge in [0, 0.05) is 12.1 Å². The highest BCUT2D eigenvalue weighted by Gasteiger charge is 2.23. The molecule has 2 heteroatoms. The predicted molar refractivity (Wildman–Crippen MR) is 70.5 cm³/mol. The highest BCUT2D eigenvalue weighted by molar-refractivity contribution is 5.99. The lowest BCUT2D eigenvalue weighted by atomic mass is 10.0. The fourth-order valence-corrected chi connectivity index (χ4v) is 2.17. The Morgan fingerprint density at radius 1 is 1.35 bits per heavy atom. The van der Waals surface area contributed by atoms with E-state index in [1.807, 2.05) is 33.0 Å². The Kier molecular flexibility index (Phi) is 3.63. The van der Waals surface area contributed by atoms with Crippen molar-refractivity contribution in [2.45, 2.75) is 26.7 Å². The van der Waals surface area contributed by atoms with Gasteiger partial charge in [0.25, 0.3) is 0 Å². The maximum absolute atomic E-state index is 12.2. The molecule has 0 spiro atoms. The summed E-state index contributed by atoms with van der Waals surface area (Å²) in [6.45, 7) is 5.65. The van der Waals surface area contributed by atoms with Crippen molar-refractivity contribution < 1.29 is 4.79 Å². The first-order valence-electron chi connectivity index (χ1n) is 6.35. The van der Waals surface area contributed by atoms with Crippen LogP contribution in [0.5, 0.6) is 0 Å². The van der Waals surface area contributed by atoms with Crippen LogP contribution in [-0.2, 0) is 0 Å². The molecule has 0 heterocycles. The van der Waals surface area contributed by atoms with Gasteiger partial charge in [0.1, 0.15) is 0 Å². The van der Waals surface area contributed by atoms with Crippen LogP contribution in [0.15, 0.2) is 18.2 Å². The van der Waals surface area contributed by atoms with E-state index in [1.165, 1.54) is 12.8 Å². The number of carbonyl (C=O) groups is 1. The van der Waals surface area contributed by atoms with Crippen molar-refractivity contribution in [3.63, 3.8) is 0 Å². The Morgan fingerprint density at radius 3 is 2.71 bits per heavy atom. The lowest BCUT2D eigenvalue weighted by molar-refractivity contribution is 0.0943. The van der Waals surface area contributed by atoms with Gasteiger partial charge in [0.15, 0.2) is 5.78 Å². The summed E-state index contributed by atoms with van der Waals surface area (Å²) in [5.41, 5.74) is 3.12. The quantitative estimate of drug-likeness (QED) is 0.726. The molecule has 0 bridgehead atoms. The van der Waals surface area contributed by atoms with Crippen molar-refractivity contribution in [3.8, 4) is 0 Å². The molecule has 2 nitrogen and oxygen atoms in total. The third-order valence-electron chi connectivity index (χ3n) is 3.37. The smallest absolute Gasteiger partial charge is 0.177 e. The van der Waals surface area contributed by atoms with Gasteiger partial charge in [-0.3, -0.25) is 9.69 Å². The standard InChI is InChI=1S/C15H21NO/c1-11-4-5-12(2)14(8-11)15(17)10-16(3)9-13-6-7-13/h4-5,8,13H,6-7,9-10H2,1-3H3. The molecular formula is C15H21NO. The highest BCUT2D eigenvalue weighted by Crippen LogP contribution is 2.29. The van der Waals surface area contributed by atoms with Gasteiger partial charge >= 0.3 is 0 Å². The summed E-state index contributed by atoms with van der Waals surface area (Å²) in [5.74, 6) is 1.08. The van der Waals surface area contributed by atoms with Crippen molar-refractivity contribution in [2.75, 3.05) is 20.1 Å². The molecule has 1 fully saturated rings. The minimum absolute atomic E-state index is 0.245. The van der Waals surface area contributed by atoms with E-state index in [0.29, 0.717) is 6.54 Å². The molecule has 2 rings (SSSR count). The first kappa shape index (κ1) is 12.3. The second kappa shape index (κ2) is 5.01. The van der Waals surface area contributed by atoms with Gasteiger partial charge in [-0.25, -0.2) is 0 Å². The molecule has 1 aliphatic carbocycles. The average Bonchev–Trinajstić information content (AvgIpc) is 3.05. The van der Waals surface area contributed by atoms with E-state index in [2.05, 4.69) is 11.0 Å². The van der Waals surface area contributed by atoms with Gasteiger partial charge in [-0.1, -0.05) is 17.7 Å². The van der Waals surface area contributed by atoms with E-state index in [4.69, 9.17) is 0 Å². The summed E-state index contributed by atoms with van der Waals surface area (Å²) in [7, 11) is 2.04. The molecule has 17 heavy (non-hydrogen) atoms. The van der Waals surface area contributed by atoms with Gasteiger partial charge < -0.3 is 0 Å². The number of hydrogen-bond donors (Lipinski definition) is 0. The molecule has 1 aromatic carbocycles. The number of nitrogens with zero attached hydrogens (tertiary/aromatic N) is 1. The van der Waals surface area contributed by atoms with Crippen LogP contribution in [0.3, 0.4) is 0 Å². The zero-order valence-electron chi connectivity index (χ0n) is 11.0. The lowest BCUT2D eigenvalue weighted by Crippen LogP contribution is -2.28. The maximum atomic E-state index is 12.2.